The normalized spacial score (nSPS) is 22.5. The minimum Gasteiger partial charge on any atom is -0.336 e. The van der Waals surface area contributed by atoms with Crippen LogP contribution in [0.15, 0.2) is 0 Å². The second kappa shape index (κ2) is 6.05. The molecular formula is C13H25ClN2O. The fourth-order valence-corrected chi connectivity index (χ4v) is 2.52. The van der Waals surface area contributed by atoms with E-state index in [0.717, 1.165) is 12.5 Å². The zero-order valence-electron chi connectivity index (χ0n) is 11.1. The third-order valence-electron chi connectivity index (χ3n) is 3.87. The molecule has 2 atom stereocenters. The summed E-state index contributed by atoms with van der Waals surface area (Å²) in [4.78, 5) is 14.6. The Morgan fingerprint density at radius 1 is 1.29 bits per heavy atom. The van der Waals surface area contributed by atoms with Gasteiger partial charge in [0.05, 0.1) is 0 Å². The number of halogens is 1. The van der Waals surface area contributed by atoms with E-state index in [-0.39, 0.29) is 18.3 Å². The Morgan fingerprint density at radius 3 is 2.29 bits per heavy atom. The van der Waals surface area contributed by atoms with Crippen LogP contribution in [-0.2, 0) is 4.79 Å². The van der Waals surface area contributed by atoms with E-state index in [2.05, 4.69) is 17.1 Å². The molecule has 0 radical (unpaired) electrons. The smallest absolute Gasteiger partial charge is 0.227 e. The van der Waals surface area contributed by atoms with Crippen LogP contribution in [0.2, 0.25) is 0 Å². The van der Waals surface area contributed by atoms with E-state index in [0.29, 0.717) is 18.0 Å². The lowest BCUT2D eigenvalue weighted by molar-refractivity contribution is -0.138. The summed E-state index contributed by atoms with van der Waals surface area (Å²) in [5, 5.41) is 3.10. The van der Waals surface area contributed by atoms with Gasteiger partial charge in [0, 0.05) is 24.5 Å². The van der Waals surface area contributed by atoms with Gasteiger partial charge in [0.15, 0.2) is 0 Å². The number of hydrogen-bond donors (Lipinski definition) is 1. The molecule has 2 aliphatic carbocycles. The van der Waals surface area contributed by atoms with Crippen molar-refractivity contribution in [3.8, 4) is 0 Å². The lowest BCUT2D eigenvalue weighted by Crippen LogP contribution is -2.46. The van der Waals surface area contributed by atoms with Crippen LogP contribution in [0.1, 0.15) is 39.5 Å². The van der Waals surface area contributed by atoms with E-state index in [9.17, 15) is 4.79 Å². The van der Waals surface area contributed by atoms with Crippen molar-refractivity contribution in [3.05, 3.63) is 0 Å². The van der Waals surface area contributed by atoms with Gasteiger partial charge in [-0.3, -0.25) is 4.79 Å². The monoisotopic (exact) mass is 260 g/mol. The van der Waals surface area contributed by atoms with Crippen LogP contribution >= 0.6 is 12.4 Å². The lowest BCUT2D eigenvalue weighted by atomic mass is 10.1. The first-order valence-electron chi connectivity index (χ1n) is 6.62. The number of carbonyl (C=O) groups excluding carboxylic acids is 1. The predicted octanol–water partition coefficient (Wildman–Crippen LogP) is 2.05. The highest BCUT2D eigenvalue weighted by Gasteiger charge is 2.42. The van der Waals surface area contributed by atoms with Crippen LogP contribution < -0.4 is 5.32 Å². The standard InChI is InChI=1S/C13H24N2O.ClH/c1-9(8-14-3)13(16)15(12-6-7-12)10(2)11-4-5-11;/h9-12,14H,4-8H2,1-3H3;1H. The molecule has 2 rings (SSSR count). The van der Waals surface area contributed by atoms with Crippen molar-refractivity contribution in [1.82, 2.24) is 10.2 Å². The Kier molecular flexibility index (Phi) is 5.26. The topological polar surface area (TPSA) is 32.3 Å². The van der Waals surface area contributed by atoms with Crippen LogP contribution in [0.25, 0.3) is 0 Å². The molecule has 0 aromatic rings. The largest absolute Gasteiger partial charge is 0.336 e. The summed E-state index contributed by atoms with van der Waals surface area (Å²) in [6.45, 7) is 5.06. The molecule has 0 aliphatic heterocycles. The van der Waals surface area contributed by atoms with E-state index in [1.165, 1.54) is 25.7 Å². The second-order valence-electron chi connectivity index (χ2n) is 5.51. The third kappa shape index (κ3) is 3.59. The number of hydrogen-bond acceptors (Lipinski definition) is 2. The molecule has 0 aromatic carbocycles. The maximum absolute atomic E-state index is 12.4. The molecule has 0 spiro atoms. The zero-order valence-corrected chi connectivity index (χ0v) is 11.9. The van der Waals surface area contributed by atoms with Gasteiger partial charge in [0.1, 0.15) is 0 Å². The summed E-state index contributed by atoms with van der Waals surface area (Å²) >= 11 is 0. The van der Waals surface area contributed by atoms with Crippen molar-refractivity contribution >= 4 is 18.3 Å². The summed E-state index contributed by atoms with van der Waals surface area (Å²) < 4.78 is 0. The summed E-state index contributed by atoms with van der Waals surface area (Å²) in [6.07, 6.45) is 5.07. The van der Waals surface area contributed by atoms with E-state index < -0.39 is 0 Å². The van der Waals surface area contributed by atoms with Gasteiger partial charge in [-0.15, -0.1) is 12.4 Å². The SMILES string of the molecule is CNCC(C)C(=O)N(C1CC1)C(C)C1CC1.Cl. The Labute approximate surface area is 111 Å². The quantitative estimate of drug-likeness (QED) is 0.793. The number of rotatable bonds is 6. The van der Waals surface area contributed by atoms with Crippen LogP contribution in [-0.4, -0.2) is 36.5 Å². The summed E-state index contributed by atoms with van der Waals surface area (Å²) in [5.74, 6) is 1.26. The molecule has 2 fully saturated rings. The highest BCUT2D eigenvalue weighted by molar-refractivity contribution is 5.85. The first-order chi connectivity index (χ1) is 7.65. The van der Waals surface area contributed by atoms with Gasteiger partial charge in [-0.1, -0.05) is 6.92 Å². The summed E-state index contributed by atoms with van der Waals surface area (Å²) in [6, 6.07) is 1.03. The first kappa shape index (κ1) is 14.8. The van der Waals surface area contributed by atoms with Gasteiger partial charge >= 0.3 is 0 Å². The van der Waals surface area contributed by atoms with Crippen LogP contribution in [0.5, 0.6) is 0 Å². The van der Waals surface area contributed by atoms with Crippen LogP contribution in [0.3, 0.4) is 0 Å². The molecule has 3 nitrogen and oxygen atoms in total. The minimum absolute atomic E-state index is 0. The van der Waals surface area contributed by atoms with Gasteiger partial charge in [-0.2, -0.15) is 0 Å². The zero-order chi connectivity index (χ0) is 11.7. The van der Waals surface area contributed by atoms with Crippen molar-refractivity contribution in [2.75, 3.05) is 13.6 Å². The number of amides is 1. The fraction of sp³-hybridized carbons (Fsp3) is 0.923. The minimum atomic E-state index is 0. The van der Waals surface area contributed by atoms with Crippen molar-refractivity contribution in [1.29, 1.82) is 0 Å². The molecule has 2 saturated carbocycles. The predicted molar refractivity (Wildman–Crippen MR) is 72.4 cm³/mol. The van der Waals surface area contributed by atoms with E-state index in [1.54, 1.807) is 0 Å². The molecule has 100 valence electrons. The highest BCUT2D eigenvalue weighted by Crippen LogP contribution is 2.40. The number of nitrogens with one attached hydrogen (secondary N) is 1. The average molecular weight is 261 g/mol. The van der Waals surface area contributed by atoms with Crippen molar-refractivity contribution in [2.24, 2.45) is 11.8 Å². The highest BCUT2D eigenvalue weighted by atomic mass is 35.5. The molecule has 0 aromatic heterocycles. The van der Waals surface area contributed by atoms with E-state index in [1.807, 2.05) is 14.0 Å². The maximum Gasteiger partial charge on any atom is 0.227 e. The molecule has 17 heavy (non-hydrogen) atoms. The molecule has 0 saturated heterocycles. The Morgan fingerprint density at radius 2 is 1.88 bits per heavy atom. The van der Waals surface area contributed by atoms with Gasteiger partial charge in [-0.25, -0.2) is 0 Å². The van der Waals surface area contributed by atoms with Gasteiger partial charge < -0.3 is 10.2 Å². The Balaban J connectivity index is 0.00000144. The Hall–Kier alpha value is -0.280. The summed E-state index contributed by atoms with van der Waals surface area (Å²) in [7, 11) is 1.91. The molecule has 2 unspecified atom stereocenters. The van der Waals surface area contributed by atoms with Crippen molar-refractivity contribution < 1.29 is 4.79 Å². The van der Waals surface area contributed by atoms with Crippen LogP contribution in [0.4, 0.5) is 0 Å². The van der Waals surface area contributed by atoms with Crippen molar-refractivity contribution in [3.63, 3.8) is 0 Å². The molecular weight excluding hydrogens is 236 g/mol. The van der Waals surface area contributed by atoms with Gasteiger partial charge in [-0.05, 0) is 45.6 Å². The average Bonchev–Trinajstić information content (AvgIpc) is 3.10. The molecule has 1 N–H and O–H groups in total. The third-order valence-corrected chi connectivity index (χ3v) is 3.87. The number of carbonyl (C=O) groups is 1. The van der Waals surface area contributed by atoms with Crippen molar-refractivity contribution in [2.45, 2.75) is 51.6 Å². The first-order valence-corrected chi connectivity index (χ1v) is 6.62. The molecule has 4 heteroatoms. The molecule has 0 bridgehead atoms. The van der Waals surface area contributed by atoms with E-state index in [4.69, 9.17) is 0 Å². The number of nitrogens with zero attached hydrogens (tertiary/aromatic N) is 1. The fourth-order valence-electron chi connectivity index (χ4n) is 2.52. The molecule has 2 aliphatic rings. The Bertz CT molecular complexity index is 264. The molecule has 0 heterocycles. The van der Waals surface area contributed by atoms with Gasteiger partial charge in [0.25, 0.3) is 0 Å². The van der Waals surface area contributed by atoms with Crippen LogP contribution in [0, 0.1) is 11.8 Å². The van der Waals surface area contributed by atoms with E-state index >= 15 is 0 Å². The maximum atomic E-state index is 12.4. The lowest BCUT2D eigenvalue weighted by Gasteiger charge is -2.32. The second-order valence-corrected chi connectivity index (χ2v) is 5.51. The van der Waals surface area contributed by atoms with Gasteiger partial charge in [0.2, 0.25) is 5.91 Å². The summed E-state index contributed by atoms with van der Waals surface area (Å²) in [5.41, 5.74) is 0. The molecule has 1 amide bonds.